The van der Waals surface area contributed by atoms with E-state index in [1.54, 1.807) is 12.3 Å². The van der Waals surface area contributed by atoms with E-state index in [1.165, 1.54) is 12.1 Å². The van der Waals surface area contributed by atoms with Gasteiger partial charge in [-0.1, -0.05) is 35.8 Å². The molecule has 2 aromatic carbocycles. The van der Waals surface area contributed by atoms with Crippen molar-refractivity contribution in [2.75, 3.05) is 0 Å². The van der Waals surface area contributed by atoms with Crippen molar-refractivity contribution in [2.24, 2.45) is 0 Å². The van der Waals surface area contributed by atoms with Crippen molar-refractivity contribution in [1.82, 2.24) is 14.7 Å². The highest BCUT2D eigenvalue weighted by molar-refractivity contribution is 5.83. The van der Waals surface area contributed by atoms with Crippen LogP contribution in [0, 0.1) is 6.92 Å². The predicted molar refractivity (Wildman–Crippen MR) is 107 cm³/mol. The van der Waals surface area contributed by atoms with Crippen molar-refractivity contribution >= 4 is 10.9 Å². The number of aryl methyl sites for hydroxylation is 2. The van der Waals surface area contributed by atoms with Gasteiger partial charge in [-0.25, -0.2) is 0 Å². The van der Waals surface area contributed by atoms with Crippen molar-refractivity contribution < 1.29 is 17.7 Å². The van der Waals surface area contributed by atoms with E-state index >= 15 is 0 Å². The Labute approximate surface area is 169 Å². The smallest absolute Gasteiger partial charge is 0.346 e. The zero-order chi connectivity index (χ0) is 21.5. The van der Waals surface area contributed by atoms with E-state index in [2.05, 4.69) is 10.1 Å². The van der Waals surface area contributed by atoms with Gasteiger partial charge in [0.15, 0.2) is 0 Å². The molecule has 0 saturated carbocycles. The van der Waals surface area contributed by atoms with Crippen LogP contribution in [0.15, 0.2) is 58.0 Å². The molecule has 154 valence electrons. The van der Waals surface area contributed by atoms with Gasteiger partial charge in [-0.2, -0.15) is 18.2 Å². The third kappa shape index (κ3) is 3.60. The van der Waals surface area contributed by atoms with E-state index in [0.717, 1.165) is 29.6 Å². The lowest BCUT2D eigenvalue weighted by Crippen LogP contribution is -2.12. The molecule has 0 fully saturated rings. The molecule has 0 aliphatic rings. The molecule has 0 N–H and O–H groups in total. The first-order valence-corrected chi connectivity index (χ1v) is 9.43. The minimum atomic E-state index is -4.48. The first-order chi connectivity index (χ1) is 14.3. The van der Waals surface area contributed by atoms with E-state index in [9.17, 15) is 18.0 Å². The van der Waals surface area contributed by atoms with Gasteiger partial charge in [0.1, 0.15) is 5.56 Å². The molecule has 4 aromatic rings. The molecule has 0 radical (unpaired) electrons. The van der Waals surface area contributed by atoms with E-state index in [1.807, 2.05) is 30.5 Å². The van der Waals surface area contributed by atoms with Crippen molar-refractivity contribution in [2.45, 2.75) is 33.0 Å². The average Bonchev–Trinajstić information content (AvgIpc) is 3.20. The third-order valence-corrected chi connectivity index (χ3v) is 4.80. The summed E-state index contributed by atoms with van der Waals surface area (Å²) in [7, 11) is 0. The number of rotatable bonds is 4. The van der Waals surface area contributed by atoms with Crippen LogP contribution in [-0.2, 0) is 12.7 Å². The first kappa shape index (κ1) is 19.9. The van der Waals surface area contributed by atoms with Crippen LogP contribution in [0.3, 0.4) is 0 Å². The van der Waals surface area contributed by atoms with Gasteiger partial charge < -0.3 is 9.09 Å². The lowest BCUT2D eigenvalue weighted by molar-refractivity contribution is -0.137. The summed E-state index contributed by atoms with van der Waals surface area (Å²) >= 11 is 0. The minimum Gasteiger partial charge on any atom is -0.346 e. The molecule has 0 aliphatic heterocycles. The molecule has 0 bridgehead atoms. The van der Waals surface area contributed by atoms with Gasteiger partial charge in [0.25, 0.3) is 5.89 Å². The molecule has 0 spiro atoms. The summed E-state index contributed by atoms with van der Waals surface area (Å²) in [5.74, 6) is -0.0393. The monoisotopic (exact) mass is 413 g/mol. The van der Waals surface area contributed by atoms with Gasteiger partial charge in [0.05, 0.1) is 11.1 Å². The second-order valence-electron chi connectivity index (χ2n) is 7.09. The zero-order valence-electron chi connectivity index (χ0n) is 16.3. The number of alkyl halides is 3. The highest BCUT2D eigenvalue weighted by atomic mass is 19.4. The molecule has 8 heteroatoms. The summed E-state index contributed by atoms with van der Waals surface area (Å²) in [6.07, 6.45) is -1.97. The topological polar surface area (TPSA) is 60.9 Å². The molecular formula is C22H18F3N3O2. The fourth-order valence-electron chi connectivity index (χ4n) is 3.37. The maximum Gasteiger partial charge on any atom is 0.416 e. The van der Waals surface area contributed by atoms with Crippen molar-refractivity contribution in [3.05, 3.63) is 70.0 Å². The highest BCUT2D eigenvalue weighted by Gasteiger charge is 2.31. The van der Waals surface area contributed by atoms with Gasteiger partial charge in [-0.15, -0.1) is 0 Å². The summed E-state index contributed by atoms with van der Waals surface area (Å²) in [6, 6.07) is 10.3. The molecule has 0 amide bonds. The molecule has 0 unspecified atom stereocenters. The lowest BCUT2D eigenvalue weighted by atomic mass is 10.1. The molecule has 2 aromatic heterocycles. The van der Waals surface area contributed by atoms with E-state index < -0.39 is 11.7 Å². The second-order valence-corrected chi connectivity index (χ2v) is 7.09. The summed E-state index contributed by atoms with van der Waals surface area (Å²) < 4.78 is 46.2. The number of nitrogens with zero attached hydrogens (tertiary/aromatic N) is 3. The Bertz CT molecular complexity index is 1290. The Hall–Kier alpha value is -3.42. The van der Waals surface area contributed by atoms with Gasteiger partial charge in [0, 0.05) is 23.7 Å². The molecule has 30 heavy (non-hydrogen) atoms. The van der Waals surface area contributed by atoms with Crippen LogP contribution in [0.4, 0.5) is 13.2 Å². The predicted octanol–water partition coefficient (Wildman–Crippen LogP) is 5.46. The maximum atomic E-state index is 13.1. The molecular weight excluding hydrogens is 395 g/mol. The normalized spacial score (nSPS) is 11.9. The van der Waals surface area contributed by atoms with Crippen LogP contribution in [-0.4, -0.2) is 14.7 Å². The molecule has 5 nitrogen and oxygen atoms in total. The Balaban J connectivity index is 1.84. The number of benzene rings is 2. The number of hydrogen-bond donors (Lipinski definition) is 0. The summed E-state index contributed by atoms with van der Waals surface area (Å²) in [5.41, 5.74) is 1.04. The Kier molecular flexibility index (Phi) is 4.93. The number of fused-ring (bicyclic) bond motifs is 1. The Morgan fingerprint density at radius 3 is 2.67 bits per heavy atom. The summed E-state index contributed by atoms with van der Waals surface area (Å²) in [4.78, 5) is 17.3. The Morgan fingerprint density at radius 1 is 1.13 bits per heavy atom. The molecule has 2 heterocycles. The fourth-order valence-corrected chi connectivity index (χ4v) is 3.37. The average molecular weight is 413 g/mol. The van der Waals surface area contributed by atoms with E-state index in [0.29, 0.717) is 11.9 Å². The number of hydrogen-bond acceptors (Lipinski definition) is 4. The SMILES string of the molecule is CCCn1cc(-c2nc(-c3cccc(C(F)(F)F)c3)no2)c(=O)c2cc(C)ccc21. The minimum absolute atomic E-state index is 0.0121. The first-order valence-electron chi connectivity index (χ1n) is 9.43. The van der Waals surface area contributed by atoms with E-state index in [4.69, 9.17) is 4.52 Å². The van der Waals surface area contributed by atoms with Crippen LogP contribution in [0.5, 0.6) is 0 Å². The second kappa shape index (κ2) is 7.44. The van der Waals surface area contributed by atoms with Crippen molar-refractivity contribution in [3.8, 4) is 22.8 Å². The maximum absolute atomic E-state index is 13.1. The quantitative estimate of drug-likeness (QED) is 0.446. The summed E-state index contributed by atoms with van der Waals surface area (Å²) in [6.45, 7) is 4.60. The van der Waals surface area contributed by atoms with Crippen LogP contribution in [0.2, 0.25) is 0 Å². The zero-order valence-corrected chi connectivity index (χ0v) is 16.3. The largest absolute Gasteiger partial charge is 0.416 e. The third-order valence-electron chi connectivity index (χ3n) is 4.80. The van der Waals surface area contributed by atoms with Crippen LogP contribution in [0.1, 0.15) is 24.5 Å². The van der Waals surface area contributed by atoms with Crippen LogP contribution < -0.4 is 5.43 Å². The molecule has 0 atom stereocenters. The molecule has 4 rings (SSSR count). The van der Waals surface area contributed by atoms with Gasteiger partial charge in [0.2, 0.25) is 11.3 Å². The van der Waals surface area contributed by atoms with Crippen molar-refractivity contribution in [3.63, 3.8) is 0 Å². The van der Waals surface area contributed by atoms with Crippen LogP contribution >= 0.6 is 0 Å². The fraction of sp³-hybridized carbons (Fsp3) is 0.227. The number of halogens is 3. The Morgan fingerprint density at radius 2 is 1.93 bits per heavy atom. The van der Waals surface area contributed by atoms with Gasteiger partial charge in [-0.05, 0) is 37.6 Å². The van der Waals surface area contributed by atoms with Crippen molar-refractivity contribution in [1.29, 1.82) is 0 Å². The standard InChI is InChI=1S/C22H18F3N3O2/c1-3-9-28-12-17(19(29)16-10-13(2)7-8-18(16)28)21-26-20(27-30-21)14-5-4-6-15(11-14)22(23,24)25/h4-8,10-12H,3,9H2,1-2H3. The number of pyridine rings is 1. The lowest BCUT2D eigenvalue weighted by Gasteiger charge is -2.11. The van der Waals surface area contributed by atoms with Crippen LogP contribution in [0.25, 0.3) is 33.7 Å². The highest BCUT2D eigenvalue weighted by Crippen LogP contribution is 2.32. The molecule has 0 aliphatic carbocycles. The van der Waals surface area contributed by atoms with Gasteiger partial charge in [-0.3, -0.25) is 4.79 Å². The van der Waals surface area contributed by atoms with Gasteiger partial charge >= 0.3 is 6.18 Å². The van der Waals surface area contributed by atoms with E-state index in [-0.39, 0.29) is 28.3 Å². The molecule has 0 saturated heterocycles. The number of aromatic nitrogens is 3. The summed E-state index contributed by atoms with van der Waals surface area (Å²) in [5, 5.41) is 4.33.